The third kappa shape index (κ3) is 1.51. The molecule has 1 heterocycles. The molecule has 0 aliphatic carbocycles. The predicted octanol–water partition coefficient (Wildman–Crippen LogP) is 1.34. The number of benzene rings is 1. The standard InChI is InChI=1S/C10H7ClN2O3/c11-7-3-1-2-4-8(7)13-10(16)6(5-14)9(15)12-13/h1-5,16H,(H,12,15). The second-order valence-corrected chi connectivity index (χ2v) is 3.49. The lowest BCUT2D eigenvalue weighted by Crippen LogP contribution is -2.06. The summed E-state index contributed by atoms with van der Waals surface area (Å²) in [4.78, 5) is 21.8. The average molecular weight is 239 g/mol. The highest BCUT2D eigenvalue weighted by Gasteiger charge is 2.15. The smallest absolute Gasteiger partial charge is 0.279 e. The maximum Gasteiger partial charge on any atom is 0.279 e. The Morgan fingerprint density at radius 2 is 2.06 bits per heavy atom. The number of aromatic hydroxyl groups is 1. The molecule has 2 N–H and O–H groups in total. The number of nitrogens with one attached hydrogen (secondary N) is 1. The number of hydrogen-bond acceptors (Lipinski definition) is 3. The number of hydrogen-bond donors (Lipinski definition) is 2. The Hall–Kier alpha value is -2.01. The summed E-state index contributed by atoms with van der Waals surface area (Å²) in [5.41, 5.74) is -0.584. The number of aromatic amines is 1. The van der Waals surface area contributed by atoms with Crippen molar-refractivity contribution in [3.63, 3.8) is 0 Å². The van der Waals surface area contributed by atoms with Crippen molar-refractivity contribution < 1.29 is 9.90 Å². The molecule has 5 nitrogen and oxygen atoms in total. The summed E-state index contributed by atoms with van der Waals surface area (Å²) in [6.07, 6.45) is 0.293. The number of H-pyrrole nitrogens is 1. The minimum atomic E-state index is -0.660. The van der Waals surface area contributed by atoms with Crippen molar-refractivity contribution in [2.45, 2.75) is 0 Å². The van der Waals surface area contributed by atoms with Gasteiger partial charge in [0.1, 0.15) is 5.56 Å². The monoisotopic (exact) mass is 238 g/mol. The number of nitrogens with zero attached hydrogens (tertiary/aromatic N) is 1. The lowest BCUT2D eigenvalue weighted by atomic mass is 10.3. The van der Waals surface area contributed by atoms with Crippen molar-refractivity contribution in [3.8, 4) is 11.6 Å². The summed E-state index contributed by atoms with van der Waals surface area (Å²) in [5.74, 6) is -0.451. The molecule has 1 aromatic heterocycles. The molecule has 0 saturated carbocycles. The van der Waals surface area contributed by atoms with E-state index in [4.69, 9.17) is 11.6 Å². The van der Waals surface area contributed by atoms with Crippen LogP contribution in [0.25, 0.3) is 5.69 Å². The Morgan fingerprint density at radius 1 is 1.38 bits per heavy atom. The van der Waals surface area contributed by atoms with Gasteiger partial charge in [0.05, 0.1) is 10.7 Å². The van der Waals surface area contributed by atoms with Gasteiger partial charge in [0.15, 0.2) is 6.29 Å². The Balaban J connectivity index is 2.71. The second kappa shape index (κ2) is 3.86. The maximum atomic E-state index is 11.3. The molecule has 0 radical (unpaired) electrons. The molecule has 0 atom stereocenters. The largest absolute Gasteiger partial charge is 0.493 e. The third-order valence-corrected chi connectivity index (χ3v) is 2.44. The SMILES string of the molecule is O=Cc1c(O)n(-c2ccccc2Cl)[nH]c1=O. The van der Waals surface area contributed by atoms with Crippen molar-refractivity contribution in [3.05, 3.63) is 45.2 Å². The van der Waals surface area contributed by atoms with E-state index in [1.54, 1.807) is 24.3 Å². The lowest BCUT2D eigenvalue weighted by Gasteiger charge is -2.05. The van der Waals surface area contributed by atoms with Crippen molar-refractivity contribution in [2.75, 3.05) is 0 Å². The zero-order valence-electron chi connectivity index (χ0n) is 7.98. The van der Waals surface area contributed by atoms with Gasteiger partial charge in [0, 0.05) is 0 Å². The van der Waals surface area contributed by atoms with Gasteiger partial charge in [-0.15, -0.1) is 0 Å². The van der Waals surface area contributed by atoms with Crippen LogP contribution in [0.15, 0.2) is 29.1 Å². The van der Waals surface area contributed by atoms with E-state index in [-0.39, 0.29) is 5.56 Å². The summed E-state index contributed by atoms with van der Waals surface area (Å²) in [7, 11) is 0. The molecule has 0 aliphatic rings. The van der Waals surface area contributed by atoms with Crippen molar-refractivity contribution in [2.24, 2.45) is 0 Å². The maximum absolute atomic E-state index is 11.3. The first-order chi connectivity index (χ1) is 7.65. The van der Waals surface area contributed by atoms with Crippen LogP contribution in [0.1, 0.15) is 10.4 Å². The molecular weight excluding hydrogens is 232 g/mol. The van der Waals surface area contributed by atoms with Crippen LogP contribution in [0.4, 0.5) is 0 Å². The molecule has 0 aliphatic heterocycles. The molecule has 1 aromatic carbocycles. The lowest BCUT2D eigenvalue weighted by molar-refractivity contribution is 0.112. The molecule has 82 valence electrons. The Labute approximate surface area is 94.9 Å². The van der Waals surface area contributed by atoms with E-state index in [9.17, 15) is 14.7 Å². The molecule has 0 fully saturated rings. The van der Waals surface area contributed by atoms with E-state index in [0.717, 1.165) is 4.68 Å². The van der Waals surface area contributed by atoms with Gasteiger partial charge in [-0.05, 0) is 12.1 Å². The number of rotatable bonds is 2. The summed E-state index contributed by atoms with van der Waals surface area (Å²) >= 11 is 5.89. The molecule has 0 unspecified atom stereocenters. The summed E-state index contributed by atoms with van der Waals surface area (Å²) in [6.45, 7) is 0. The van der Waals surface area contributed by atoms with Crippen LogP contribution in [-0.2, 0) is 0 Å². The van der Waals surface area contributed by atoms with Gasteiger partial charge in [0.25, 0.3) is 5.56 Å². The van der Waals surface area contributed by atoms with E-state index in [0.29, 0.717) is 17.0 Å². The first kappa shape index (κ1) is 10.5. The molecule has 0 spiro atoms. The zero-order valence-corrected chi connectivity index (χ0v) is 8.73. The van der Waals surface area contributed by atoms with Gasteiger partial charge in [-0.1, -0.05) is 23.7 Å². The average Bonchev–Trinajstić information content (AvgIpc) is 2.55. The Kier molecular flexibility index (Phi) is 2.54. The van der Waals surface area contributed by atoms with E-state index in [2.05, 4.69) is 5.10 Å². The van der Waals surface area contributed by atoms with Crippen LogP contribution >= 0.6 is 11.6 Å². The number of carbonyl (C=O) groups is 1. The van der Waals surface area contributed by atoms with E-state index in [1.807, 2.05) is 0 Å². The van der Waals surface area contributed by atoms with Crippen LogP contribution in [-0.4, -0.2) is 21.2 Å². The van der Waals surface area contributed by atoms with Crippen LogP contribution in [0.3, 0.4) is 0 Å². The van der Waals surface area contributed by atoms with Crippen LogP contribution < -0.4 is 5.56 Å². The molecule has 6 heteroatoms. The van der Waals surface area contributed by atoms with Gasteiger partial charge in [-0.25, -0.2) is 4.68 Å². The fourth-order valence-corrected chi connectivity index (χ4v) is 1.57. The van der Waals surface area contributed by atoms with Gasteiger partial charge >= 0.3 is 0 Å². The second-order valence-electron chi connectivity index (χ2n) is 3.08. The number of aromatic nitrogens is 2. The summed E-state index contributed by atoms with van der Waals surface area (Å²) in [5, 5.41) is 12.3. The summed E-state index contributed by atoms with van der Waals surface area (Å²) in [6, 6.07) is 6.62. The normalized spacial score (nSPS) is 10.3. The van der Waals surface area contributed by atoms with Gasteiger partial charge in [-0.2, -0.15) is 0 Å². The molecule has 0 bridgehead atoms. The van der Waals surface area contributed by atoms with Gasteiger partial charge in [0.2, 0.25) is 5.88 Å². The van der Waals surface area contributed by atoms with Crippen LogP contribution in [0, 0.1) is 0 Å². The predicted molar refractivity (Wildman–Crippen MR) is 58.5 cm³/mol. The molecule has 16 heavy (non-hydrogen) atoms. The fourth-order valence-electron chi connectivity index (χ4n) is 1.35. The number of halogens is 1. The minimum Gasteiger partial charge on any atom is -0.493 e. The summed E-state index contributed by atoms with van der Waals surface area (Å²) < 4.78 is 1.06. The van der Waals surface area contributed by atoms with Crippen LogP contribution in [0.5, 0.6) is 5.88 Å². The number of aldehydes is 1. The Morgan fingerprint density at radius 3 is 2.62 bits per heavy atom. The van der Waals surface area contributed by atoms with Gasteiger partial charge in [-0.3, -0.25) is 14.7 Å². The first-order valence-electron chi connectivity index (χ1n) is 4.39. The highest BCUT2D eigenvalue weighted by atomic mass is 35.5. The van der Waals surface area contributed by atoms with Crippen LogP contribution in [0.2, 0.25) is 5.02 Å². The quantitative estimate of drug-likeness (QED) is 0.776. The van der Waals surface area contributed by atoms with E-state index < -0.39 is 11.4 Å². The molecule has 0 amide bonds. The highest BCUT2D eigenvalue weighted by molar-refractivity contribution is 6.32. The van der Waals surface area contributed by atoms with E-state index >= 15 is 0 Å². The van der Waals surface area contributed by atoms with E-state index in [1.165, 1.54) is 0 Å². The first-order valence-corrected chi connectivity index (χ1v) is 4.77. The van der Waals surface area contributed by atoms with Crippen molar-refractivity contribution in [1.29, 1.82) is 0 Å². The molecular formula is C10H7ClN2O3. The highest BCUT2D eigenvalue weighted by Crippen LogP contribution is 2.23. The van der Waals surface area contributed by atoms with Crippen molar-refractivity contribution >= 4 is 17.9 Å². The fraction of sp³-hybridized carbons (Fsp3) is 0. The topological polar surface area (TPSA) is 75.1 Å². The molecule has 2 rings (SSSR count). The van der Waals surface area contributed by atoms with Crippen molar-refractivity contribution in [1.82, 2.24) is 9.78 Å². The zero-order chi connectivity index (χ0) is 11.7. The molecule has 0 saturated heterocycles. The van der Waals surface area contributed by atoms with Gasteiger partial charge < -0.3 is 5.11 Å². The molecule has 2 aromatic rings. The Bertz CT molecular complexity index is 600. The third-order valence-electron chi connectivity index (χ3n) is 2.12. The minimum absolute atomic E-state index is 0.293. The number of para-hydroxylation sites is 1. The number of carbonyl (C=O) groups excluding carboxylic acids is 1.